The van der Waals surface area contributed by atoms with Crippen LogP contribution in [-0.4, -0.2) is 6.67 Å². The summed E-state index contributed by atoms with van der Waals surface area (Å²) in [6.45, 7) is 5.15. The number of halogens is 2. The van der Waals surface area contributed by atoms with Crippen LogP contribution in [0.1, 0.15) is 17.0 Å². The van der Waals surface area contributed by atoms with Crippen LogP contribution in [0, 0.1) is 13.8 Å². The van der Waals surface area contributed by atoms with E-state index in [9.17, 15) is 4.39 Å². The molecule has 0 fully saturated rings. The fourth-order valence-corrected chi connectivity index (χ4v) is 1.33. The van der Waals surface area contributed by atoms with Crippen molar-refractivity contribution in [3.05, 3.63) is 41.3 Å². The summed E-state index contributed by atoms with van der Waals surface area (Å²) in [7, 11) is 0. The lowest BCUT2D eigenvalue weighted by Gasteiger charge is -2.09. The number of hydrogen-bond acceptors (Lipinski definition) is 0. The molecule has 65 valence electrons. The predicted molar refractivity (Wildman–Crippen MR) is 50.3 cm³/mol. The molecule has 1 rings (SSSR count). The largest absolute Gasteiger partial charge is 0.250 e. The van der Waals surface area contributed by atoms with Crippen molar-refractivity contribution >= 4 is 11.6 Å². The number of rotatable bonds is 2. The average Bonchev–Trinajstić information content (AvgIpc) is 2.08. The molecule has 0 saturated heterocycles. The summed E-state index contributed by atoms with van der Waals surface area (Å²) in [4.78, 5) is 0. The molecule has 0 spiro atoms. The van der Waals surface area contributed by atoms with Crippen LogP contribution in [0.2, 0.25) is 5.02 Å². The highest BCUT2D eigenvalue weighted by molar-refractivity contribution is 6.31. The summed E-state index contributed by atoms with van der Waals surface area (Å²) in [5.41, 5.74) is 1.87. The first kappa shape index (κ1) is 9.53. The fraction of sp³-hybridized carbons (Fsp3) is 0.300. The Kier molecular flexibility index (Phi) is 3.10. The van der Waals surface area contributed by atoms with Gasteiger partial charge in [0.1, 0.15) is 0 Å². The lowest BCUT2D eigenvalue weighted by molar-refractivity contribution is 0.465. The molecule has 1 unspecified atom stereocenters. The second-order valence-corrected chi connectivity index (χ2v) is 3.28. The van der Waals surface area contributed by atoms with E-state index in [2.05, 4.69) is 6.92 Å². The van der Waals surface area contributed by atoms with E-state index in [1.807, 2.05) is 19.1 Å². The van der Waals surface area contributed by atoms with Crippen LogP contribution in [0.4, 0.5) is 4.39 Å². The maximum atomic E-state index is 12.3. The van der Waals surface area contributed by atoms with Crippen molar-refractivity contribution in [2.24, 2.45) is 0 Å². The third-order valence-electron chi connectivity index (χ3n) is 1.78. The molecule has 0 aliphatic carbocycles. The van der Waals surface area contributed by atoms with E-state index < -0.39 is 6.67 Å². The first-order chi connectivity index (χ1) is 5.65. The molecule has 0 amide bonds. The Morgan fingerprint density at radius 1 is 1.58 bits per heavy atom. The van der Waals surface area contributed by atoms with Crippen molar-refractivity contribution in [1.82, 2.24) is 0 Å². The number of aryl methyl sites for hydroxylation is 1. The van der Waals surface area contributed by atoms with E-state index in [4.69, 9.17) is 11.6 Å². The molecule has 0 bridgehead atoms. The Labute approximate surface area is 77.4 Å². The van der Waals surface area contributed by atoms with Crippen molar-refractivity contribution in [1.29, 1.82) is 0 Å². The van der Waals surface area contributed by atoms with Crippen LogP contribution < -0.4 is 0 Å². The number of alkyl halides is 1. The second-order valence-electron chi connectivity index (χ2n) is 2.88. The molecule has 0 nitrogen and oxygen atoms in total. The number of benzene rings is 1. The van der Waals surface area contributed by atoms with Gasteiger partial charge in [-0.15, -0.1) is 0 Å². The normalized spacial score (nSPS) is 13.0. The molecule has 12 heavy (non-hydrogen) atoms. The van der Waals surface area contributed by atoms with Crippen LogP contribution in [0.3, 0.4) is 0 Å². The molecule has 0 aliphatic heterocycles. The van der Waals surface area contributed by atoms with Gasteiger partial charge in [-0.05, 0) is 25.5 Å². The summed E-state index contributed by atoms with van der Waals surface area (Å²) in [6.07, 6.45) is 0. The standard InChI is InChI=1S/C10H11ClF/c1-7-3-4-10(11)9(5-7)8(2)6-12/h3-5,8H,2,6H2,1H3. The van der Waals surface area contributed by atoms with Gasteiger partial charge in [0, 0.05) is 10.9 Å². The van der Waals surface area contributed by atoms with Crippen LogP contribution in [0.15, 0.2) is 18.2 Å². The predicted octanol–water partition coefficient (Wildman–Crippen LogP) is 3.54. The minimum absolute atomic E-state index is 0.350. The van der Waals surface area contributed by atoms with Gasteiger partial charge in [0.05, 0.1) is 6.67 Å². The zero-order chi connectivity index (χ0) is 9.14. The highest BCUT2D eigenvalue weighted by atomic mass is 35.5. The Hall–Kier alpha value is -0.560. The molecule has 1 aromatic rings. The zero-order valence-electron chi connectivity index (χ0n) is 6.98. The van der Waals surface area contributed by atoms with E-state index in [0.717, 1.165) is 11.1 Å². The Balaban J connectivity index is 3.04. The minimum Gasteiger partial charge on any atom is -0.250 e. The Morgan fingerprint density at radius 3 is 2.83 bits per heavy atom. The molecular weight excluding hydrogens is 175 g/mol. The maximum Gasteiger partial charge on any atom is 0.0963 e. The van der Waals surface area contributed by atoms with Gasteiger partial charge in [-0.3, -0.25) is 4.39 Å². The van der Waals surface area contributed by atoms with E-state index in [1.165, 1.54) is 0 Å². The second kappa shape index (κ2) is 3.90. The molecule has 1 radical (unpaired) electrons. The third-order valence-corrected chi connectivity index (χ3v) is 2.12. The van der Waals surface area contributed by atoms with Crippen LogP contribution >= 0.6 is 11.6 Å². The van der Waals surface area contributed by atoms with Crippen LogP contribution in [0.25, 0.3) is 0 Å². The summed E-state index contributed by atoms with van der Waals surface area (Å²) < 4.78 is 12.3. The zero-order valence-corrected chi connectivity index (χ0v) is 7.74. The lowest BCUT2D eigenvalue weighted by Crippen LogP contribution is -1.97. The van der Waals surface area contributed by atoms with Gasteiger partial charge in [0.25, 0.3) is 0 Å². The molecule has 1 aromatic carbocycles. The monoisotopic (exact) mass is 185 g/mol. The molecule has 2 heteroatoms. The van der Waals surface area contributed by atoms with Gasteiger partial charge >= 0.3 is 0 Å². The molecule has 0 aromatic heterocycles. The summed E-state index contributed by atoms with van der Waals surface area (Å²) >= 11 is 5.86. The van der Waals surface area contributed by atoms with Gasteiger partial charge in [-0.25, -0.2) is 0 Å². The van der Waals surface area contributed by atoms with Gasteiger partial charge in [-0.1, -0.05) is 29.3 Å². The van der Waals surface area contributed by atoms with Gasteiger partial charge in [-0.2, -0.15) is 0 Å². The third kappa shape index (κ3) is 1.98. The van der Waals surface area contributed by atoms with Crippen molar-refractivity contribution in [3.8, 4) is 0 Å². The minimum atomic E-state index is -0.469. The van der Waals surface area contributed by atoms with Gasteiger partial charge < -0.3 is 0 Å². The average molecular weight is 186 g/mol. The molecule has 0 saturated carbocycles. The maximum absolute atomic E-state index is 12.3. The quantitative estimate of drug-likeness (QED) is 0.661. The van der Waals surface area contributed by atoms with Crippen molar-refractivity contribution < 1.29 is 4.39 Å². The summed E-state index contributed by atoms with van der Waals surface area (Å²) in [5.74, 6) is -0.350. The van der Waals surface area contributed by atoms with E-state index >= 15 is 0 Å². The summed E-state index contributed by atoms with van der Waals surface area (Å²) in [5, 5.41) is 0.596. The van der Waals surface area contributed by atoms with Crippen molar-refractivity contribution in [2.75, 3.05) is 6.67 Å². The van der Waals surface area contributed by atoms with Crippen molar-refractivity contribution in [3.63, 3.8) is 0 Å². The van der Waals surface area contributed by atoms with E-state index in [1.54, 1.807) is 6.07 Å². The SMILES string of the molecule is [CH2]C(CF)c1cc(C)ccc1Cl. The van der Waals surface area contributed by atoms with Gasteiger partial charge in [0.15, 0.2) is 0 Å². The molecular formula is C10H11ClF. The first-order valence-corrected chi connectivity index (χ1v) is 4.18. The highest BCUT2D eigenvalue weighted by Gasteiger charge is 2.08. The number of hydrogen-bond donors (Lipinski definition) is 0. The van der Waals surface area contributed by atoms with Crippen LogP contribution in [0.5, 0.6) is 0 Å². The van der Waals surface area contributed by atoms with E-state index in [0.29, 0.717) is 5.02 Å². The smallest absolute Gasteiger partial charge is 0.0963 e. The first-order valence-electron chi connectivity index (χ1n) is 3.80. The molecule has 0 N–H and O–H groups in total. The Morgan fingerprint density at radius 2 is 2.25 bits per heavy atom. The molecule has 0 aliphatic rings. The van der Waals surface area contributed by atoms with Crippen LogP contribution in [-0.2, 0) is 0 Å². The summed E-state index contributed by atoms with van der Waals surface area (Å²) in [6, 6.07) is 5.55. The van der Waals surface area contributed by atoms with Crippen molar-refractivity contribution in [2.45, 2.75) is 12.8 Å². The fourth-order valence-electron chi connectivity index (χ4n) is 1.06. The lowest BCUT2D eigenvalue weighted by atomic mass is 10.0. The van der Waals surface area contributed by atoms with E-state index in [-0.39, 0.29) is 5.92 Å². The molecule has 1 atom stereocenters. The highest BCUT2D eigenvalue weighted by Crippen LogP contribution is 2.25. The van der Waals surface area contributed by atoms with Gasteiger partial charge in [0.2, 0.25) is 0 Å². The Bertz CT molecular complexity index is 271. The molecule has 0 heterocycles. The topological polar surface area (TPSA) is 0 Å².